The summed E-state index contributed by atoms with van der Waals surface area (Å²) < 4.78 is 29.3. The normalized spacial score (nSPS) is 11.1. The largest absolute Gasteiger partial charge is 0.468 e. The van der Waals surface area contributed by atoms with E-state index < -0.39 is 28.1 Å². The van der Waals surface area contributed by atoms with Gasteiger partial charge in [0.05, 0.1) is 12.0 Å². The standard InChI is InChI=1S/C8H10N2O5S/c1-15-8(12)5-10-16(13,14)6-2-3-7(11)9-4-6/h2-4,10H,5H2,1H3,(H,9,11). The second-order valence-electron chi connectivity index (χ2n) is 2.79. The molecule has 8 heteroatoms. The monoisotopic (exact) mass is 246 g/mol. The Bertz CT molecular complexity index is 513. The number of esters is 1. The van der Waals surface area contributed by atoms with Crippen LogP contribution in [0.25, 0.3) is 0 Å². The highest BCUT2D eigenvalue weighted by Crippen LogP contribution is 2.03. The van der Waals surface area contributed by atoms with Gasteiger partial charge in [0.25, 0.3) is 0 Å². The van der Waals surface area contributed by atoms with E-state index in [0.29, 0.717) is 0 Å². The Kier molecular flexibility index (Phi) is 3.80. The summed E-state index contributed by atoms with van der Waals surface area (Å²) in [6, 6.07) is 2.21. The molecule has 7 nitrogen and oxygen atoms in total. The van der Waals surface area contributed by atoms with Gasteiger partial charge < -0.3 is 9.72 Å². The Hall–Kier alpha value is -1.67. The molecule has 0 amide bonds. The fourth-order valence-corrected chi connectivity index (χ4v) is 1.81. The maximum Gasteiger partial charge on any atom is 0.320 e. The topological polar surface area (TPSA) is 105 Å². The van der Waals surface area contributed by atoms with Crippen molar-refractivity contribution in [2.75, 3.05) is 13.7 Å². The van der Waals surface area contributed by atoms with Crippen molar-refractivity contribution < 1.29 is 17.9 Å². The molecule has 1 aromatic rings. The Labute approximate surface area is 91.5 Å². The molecule has 16 heavy (non-hydrogen) atoms. The van der Waals surface area contributed by atoms with Gasteiger partial charge in [-0.05, 0) is 6.07 Å². The molecule has 0 fully saturated rings. The van der Waals surface area contributed by atoms with E-state index >= 15 is 0 Å². The molecule has 1 aromatic heterocycles. The van der Waals surface area contributed by atoms with Crippen LogP contribution in [0.4, 0.5) is 0 Å². The van der Waals surface area contributed by atoms with E-state index in [2.05, 4.69) is 9.72 Å². The molecule has 0 unspecified atom stereocenters. The van der Waals surface area contributed by atoms with Gasteiger partial charge in [-0.2, -0.15) is 4.72 Å². The quantitative estimate of drug-likeness (QED) is 0.651. The lowest BCUT2D eigenvalue weighted by molar-refractivity contribution is -0.139. The van der Waals surface area contributed by atoms with Crippen LogP contribution in [0.1, 0.15) is 0 Å². The van der Waals surface area contributed by atoms with Crippen molar-refractivity contribution in [1.82, 2.24) is 9.71 Å². The van der Waals surface area contributed by atoms with Crippen LogP contribution in [0.15, 0.2) is 28.0 Å². The average molecular weight is 246 g/mol. The van der Waals surface area contributed by atoms with E-state index in [4.69, 9.17) is 0 Å². The smallest absolute Gasteiger partial charge is 0.320 e. The fourth-order valence-electron chi connectivity index (χ4n) is 0.873. The van der Waals surface area contributed by atoms with Crippen molar-refractivity contribution in [1.29, 1.82) is 0 Å². The third kappa shape index (κ3) is 3.17. The average Bonchev–Trinajstić information content (AvgIpc) is 2.26. The summed E-state index contributed by atoms with van der Waals surface area (Å²) in [6.45, 7) is -0.460. The van der Waals surface area contributed by atoms with Gasteiger partial charge in [0.1, 0.15) is 6.54 Å². The maximum atomic E-state index is 11.5. The highest BCUT2D eigenvalue weighted by atomic mass is 32.2. The first-order valence-electron chi connectivity index (χ1n) is 4.21. The molecule has 0 aromatic carbocycles. The molecule has 2 N–H and O–H groups in total. The molecule has 0 atom stereocenters. The fraction of sp³-hybridized carbons (Fsp3) is 0.250. The van der Waals surface area contributed by atoms with E-state index in [9.17, 15) is 18.0 Å². The molecule has 0 bridgehead atoms. The minimum Gasteiger partial charge on any atom is -0.468 e. The van der Waals surface area contributed by atoms with E-state index in [-0.39, 0.29) is 4.90 Å². The van der Waals surface area contributed by atoms with Crippen LogP contribution in [-0.4, -0.2) is 33.0 Å². The summed E-state index contributed by atoms with van der Waals surface area (Å²) in [7, 11) is -2.65. The molecule has 0 saturated carbocycles. The molecule has 0 spiro atoms. The number of carbonyl (C=O) groups excluding carboxylic acids is 1. The number of carbonyl (C=O) groups is 1. The number of pyridine rings is 1. The van der Waals surface area contributed by atoms with E-state index in [1.54, 1.807) is 0 Å². The van der Waals surface area contributed by atoms with Gasteiger partial charge in [0, 0.05) is 12.3 Å². The molecule has 0 aliphatic heterocycles. The number of aromatic nitrogens is 1. The first-order valence-corrected chi connectivity index (χ1v) is 5.69. The number of methoxy groups -OCH3 is 1. The molecule has 88 valence electrons. The van der Waals surface area contributed by atoms with E-state index in [1.807, 2.05) is 4.72 Å². The van der Waals surface area contributed by atoms with Crippen molar-refractivity contribution in [2.24, 2.45) is 0 Å². The first-order chi connectivity index (χ1) is 7.45. The van der Waals surface area contributed by atoms with Crippen LogP contribution in [0.5, 0.6) is 0 Å². The molecule has 1 rings (SSSR count). The SMILES string of the molecule is COC(=O)CNS(=O)(=O)c1ccc(=O)[nH]c1. The molecule has 0 radical (unpaired) electrons. The zero-order chi connectivity index (χ0) is 12.2. The van der Waals surface area contributed by atoms with Gasteiger partial charge in [0.2, 0.25) is 15.6 Å². The second-order valence-corrected chi connectivity index (χ2v) is 4.56. The highest BCUT2D eigenvalue weighted by Gasteiger charge is 2.15. The third-order valence-corrected chi connectivity index (χ3v) is 3.10. The minimum absolute atomic E-state index is 0.129. The third-order valence-electron chi connectivity index (χ3n) is 1.70. The predicted molar refractivity (Wildman–Crippen MR) is 54.3 cm³/mol. The van der Waals surface area contributed by atoms with Gasteiger partial charge in [0.15, 0.2) is 0 Å². The Morgan fingerprint density at radius 1 is 1.50 bits per heavy atom. The van der Waals surface area contributed by atoms with Crippen LogP contribution in [0.3, 0.4) is 0 Å². The summed E-state index contributed by atoms with van der Waals surface area (Å²) in [5.41, 5.74) is -0.410. The van der Waals surface area contributed by atoms with Gasteiger partial charge in [-0.1, -0.05) is 0 Å². The van der Waals surface area contributed by atoms with Crippen molar-refractivity contribution in [3.8, 4) is 0 Å². The number of rotatable bonds is 4. The van der Waals surface area contributed by atoms with Crippen LogP contribution in [-0.2, 0) is 19.6 Å². The van der Waals surface area contributed by atoms with Crippen LogP contribution in [0.2, 0.25) is 0 Å². The summed E-state index contributed by atoms with van der Waals surface area (Å²) in [5, 5.41) is 0. The lowest BCUT2D eigenvalue weighted by Crippen LogP contribution is -2.30. The lowest BCUT2D eigenvalue weighted by atomic mass is 10.5. The van der Waals surface area contributed by atoms with Gasteiger partial charge >= 0.3 is 5.97 Å². The number of ether oxygens (including phenoxy) is 1. The minimum atomic E-state index is -3.80. The lowest BCUT2D eigenvalue weighted by Gasteiger charge is -2.04. The summed E-state index contributed by atoms with van der Waals surface area (Å²) in [4.78, 5) is 23.5. The molecular formula is C8H10N2O5S. The van der Waals surface area contributed by atoms with Gasteiger partial charge in [-0.25, -0.2) is 8.42 Å². The molecular weight excluding hydrogens is 236 g/mol. The Morgan fingerprint density at radius 2 is 2.19 bits per heavy atom. The predicted octanol–water partition coefficient (Wildman–Crippen LogP) is -1.17. The van der Waals surface area contributed by atoms with E-state index in [1.165, 1.54) is 0 Å². The number of nitrogens with one attached hydrogen (secondary N) is 2. The Balaban J connectivity index is 2.82. The number of hydrogen-bond donors (Lipinski definition) is 2. The first kappa shape index (κ1) is 12.4. The van der Waals surface area contributed by atoms with Crippen molar-refractivity contribution in [2.45, 2.75) is 4.90 Å². The Morgan fingerprint density at radius 3 is 2.69 bits per heavy atom. The van der Waals surface area contributed by atoms with Crippen molar-refractivity contribution >= 4 is 16.0 Å². The van der Waals surface area contributed by atoms with Crippen LogP contribution in [0, 0.1) is 0 Å². The van der Waals surface area contributed by atoms with Gasteiger partial charge in [-0.3, -0.25) is 9.59 Å². The molecule has 1 heterocycles. The number of sulfonamides is 1. The maximum absolute atomic E-state index is 11.5. The van der Waals surface area contributed by atoms with E-state index in [0.717, 1.165) is 25.4 Å². The number of aromatic amines is 1. The summed E-state index contributed by atoms with van der Waals surface area (Å²) in [5.74, 6) is -0.701. The van der Waals surface area contributed by atoms with Gasteiger partial charge in [-0.15, -0.1) is 0 Å². The number of hydrogen-bond acceptors (Lipinski definition) is 5. The molecule has 0 aliphatic carbocycles. The van der Waals surface area contributed by atoms with Crippen LogP contribution < -0.4 is 10.3 Å². The second kappa shape index (κ2) is 4.90. The summed E-state index contributed by atoms with van der Waals surface area (Å²) >= 11 is 0. The zero-order valence-electron chi connectivity index (χ0n) is 8.39. The number of H-pyrrole nitrogens is 1. The highest BCUT2D eigenvalue weighted by molar-refractivity contribution is 7.89. The van der Waals surface area contributed by atoms with Crippen LogP contribution >= 0.6 is 0 Å². The van der Waals surface area contributed by atoms with Crippen molar-refractivity contribution in [3.63, 3.8) is 0 Å². The summed E-state index contributed by atoms with van der Waals surface area (Å²) in [6.07, 6.45) is 1.04. The molecule has 0 saturated heterocycles. The van der Waals surface area contributed by atoms with Crippen molar-refractivity contribution in [3.05, 3.63) is 28.7 Å². The molecule has 0 aliphatic rings. The zero-order valence-corrected chi connectivity index (χ0v) is 9.21.